The van der Waals surface area contributed by atoms with Gasteiger partial charge in [0.1, 0.15) is 5.75 Å². The maximum Gasteiger partial charge on any atom is 0.387 e. The van der Waals surface area contributed by atoms with Crippen LogP contribution in [0.5, 0.6) is 5.75 Å². The molecule has 0 bridgehead atoms. The number of hydrogen-bond donors (Lipinski definition) is 2. The van der Waals surface area contributed by atoms with Crippen LogP contribution in [-0.2, 0) is 4.79 Å². The molecule has 110 valence electrons. The summed E-state index contributed by atoms with van der Waals surface area (Å²) >= 11 is 0. The van der Waals surface area contributed by atoms with Gasteiger partial charge in [-0.2, -0.15) is 8.78 Å². The van der Waals surface area contributed by atoms with E-state index in [-0.39, 0.29) is 17.9 Å². The van der Waals surface area contributed by atoms with Crippen LogP contribution in [0.25, 0.3) is 0 Å². The van der Waals surface area contributed by atoms with E-state index in [1.165, 1.54) is 38.1 Å². The van der Waals surface area contributed by atoms with Crippen molar-refractivity contribution in [2.75, 3.05) is 6.54 Å². The number of ether oxygens (including phenoxy) is 1. The van der Waals surface area contributed by atoms with Crippen LogP contribution in [0.1, 0.15) is 24.2 Å². The maximum atomic E-state index is 12.2. The number of carboxylic acids is 1. The van der Waals surface area contributed by atoms with Crippen LogP contribution in [0.2, 0.25) is 0 Å². The van der Waals surface area contributed by atoms with Gasteiger partial charge in [-0.15, -0.1) is 0 Å². The Morgan fingerprint density at radius 2 is 1.95 bits per heavy atom. The molecule has 1 aromatic carbocycles. The summed E-state index contributed by atoms with van der Waals surface area (Å²) < 4.78 is 28.7. The van der Waals surface area contributed by atoms with E-state index >= 15 is 0 Å². The molecule has 0 aliphatic carbocycles. The number of carboxylic acid groups (broad SMARTS) is 1. The first-order valence-electron chi connectivity index (χ1n) is 5.79. The number of carbonyl (C=O) groups excluding carboxylic acids is 1. The summed E-state index contributed by atoms with van der Waals surface area (Å²) in [5.74, 6) is -2.00. The molecule has 0 spiro atoms. The van der Waals surface area contributed by atoms with Crippen molar-refractivity contribution in [2.24, 2.45) is 5.41 Å². The average Bonchev–Trinajstić information content (AvgIpc) is 2.36. The zero-order valence-electron chi connectivity index (χ0n) is 11.0. The normalized spacial score (nSPS) is 11.2. The molecule has 7 heteroatoms. The third-order valence-corrected chi connectivity index (χ3v) is 2.62. The minimum absolute atomic E-state index is 0.0750. The predicted octanol–water partition coefficient (Wildman–Crippen LogP) is 2.13. The number of alkyl halides is 2. The van der Waals surface area contributed by atoms with E-state index in [4.69, 9.17) is 5.11 Å². The van der Waals surface area contributed by atoms with E-state index in [1.54, 1.807) is 0 Å². The number of rotatable bonds is 6. The lowest BCUT2D eigenvalue weighted by molar-refractivity contribution is -0.146. The van der Waals surface area contributed by atoms with E-state index < -0.39 is 23.9 Å². The summed E-state index contributed by atoms with van der Waals surface area (Å²) in [6.07, 6.45) is 0. The van der Waals surface area contributed by atoms with Crippen LogP contribution in [0.15, 0.2) is 24.3 Å². The first kappa shape index (κ1) is 15.9. The molecule has 0 atom stereocenters. The van der Waals surface area contributed by atoms with Crippen LogP contribution < -0.4 is 10.1 Å². The van der Waals surface area contributed by atoms with Crippen molar-refractivity contribution >= 4 is 11.9 Å². The lowest BCUT2D eigenvalue weighted by Gasteiger charge is -2.20. The molecular weight excluding hydrogens is 272 g/mol. The number of aliphatic carboxylic acids is 1. The molecule has 0 saturated heterocycles. The molecule has 20 heavy (non-hydrogen) atoms. The summed E-state index contributed by atoms with van der Waals surface area (Å²) in [6.45, 7) is -0.294. The number of nitrogens with one attached hydrogen (secondary N) is 1. The third-order valence-electron chi connectivity index (χ3n) is 2.62. The number of carbonyl (C=O) groups is 2. The lowest BCUT2D eigenvalue weighted by Crippen LogP contribution is -2.39. The van der Waals surface area contributed by atoms with Crippen LogP contribution in [-0.4, -0.2) is 30.1 Å². The van der Waals surface area contributed by atoms with Crippen LogP contribution in [0.3, 0.4) is 0 Å². The molecule has 0 aromatic heterocycles. The van der Waals surface area contributed by atoms with Crippen LogP contribution in [0.4, 0.5) is 8.78 Å². The highest BCUT2D eigenvalue weighted by molar-refractivity contribution is 5.97. The average molecular weight is 287 g/mol. The van der Waals surface area contributed by atoms with Gasteiger partial charge < -0.3 is 15.2 Å². The Kier molecular flexibility index (Phi) is 5.01. The molecule has 0 aliphatic rings. The van der Waals surface area contributed by atoms with Gasteiger partial charge in [0.05, 0.1) is 11.0 Å². The van der Waals surface area contributed by atoms with Crippen molar-refractivity contribution in [3.8, 4) is 5.75 Å². The molecule has 0 saturated carbocycles. The Hall–Kier alpha value is -2.18. The van der Waals surface area contributed by atoms with Crippen molar-refractivity contribution < 1.29 is 28.2 Å². The maximum absolute atomic E-state index is 12.2. The summed E-state index contributed by atoms with van der Waals surface area (Å²) in [6, 6.07) is 5.51. The molecule has 0 heterocycles. The molecule has 1 aromatic rings. The topological polar surface area (TPSA) is 75.6 Å². The smallest absolute Gasteiger partial charge is 0.387 e. The van der Waals surface area contributed by atoms with E-state index in [0.717, 1.165) is 0 Å². The zero-order valence-corrected chi connectivity index (χ0v) is 11.0. The molecule has 1 rings (SSSR count). The van der Waals surface area contributed by atoms with E-state index in [1.807, 2.05) is 0 Å². The molecule has 1 amide bonds. The van der Waals surface area contributed by atoms with Crippen LogP contribution in [0, 0.1) is 5.41 Å². The fourth-order valence-electron chi connectivity index (χ4n) is 1.33. The Bertz CT molecular complexity index is 503. The Morgan fingerprint density at radius 3 is 2.50 bits per heavy atom. The van der Waals surface area contributed by atoms with Crippen molar-refractivity contribution in [1.29, 1.82) is 0 Å². The molecule has 2 N–H and O–H groups in total. The summed E-state index contributed by atoms with van der Waals surface area (Å²) in [7, 11) is 0. The minimum atomic E-state index is -3.04. The van der Waals surface area contributed by atoms with Gasteiger partial charge in [-0.1, -0.05) is 12.1 Å². The highest BCUT2D eigenvalue weighted by Gasteiger charge is 2.28. The lowest BCUT2D eigenvalue weighted by atomic mass is 9.94. The summed E-state index contributed by atoms with van der Waals surface area (Å²) in [4.78, 5) is 22.8. The number of halogens is 2. The molecular formula is C13H15F2NO4. The molecule has 0 radical (unpaired) electrons. The van der Waals surface area contributed by atoms with Gasteiger partial charge in [0.15, 0.2) is 0 Å². The highest BCUT2D eigenvalue weighted by Crippen LogP contribution is 2.21. The molecule has 0 fully saturated rings. The van der Waals surface area contributed by atoms with E-state index in [2.05, 4.69) is 10.1 Å². The number of hydrogen-bond acceptors (Lipinski definition) is 3. The van der Waals surface area contributed by atoms with Gasteiger partial charge in [-0.05, 0) is 26.0 Å². The predicted molar refractivity (Wildman–Crippen MR) is 66.8 cm³/mol. The van der Waals surface area contributed by atoms with Gasteiger partial charge in [0, 0.05) is 6.54 Å². The zero-order chi connectivity index (χ0) is 15.3. The Balaban J connectivity index is 2.80. The minimum Gasteiger partial charge on any atom is -0.481 e. The molecule has 5 nitrogen and oxygen atoms in total. The van der Waals surface area contributed by atoms with Crippen molar-refractivity contribution in [1.82, 2.24) is 5.32 Å². The first-order chi connectivity index (χ1) is 9.24. The summed E-state index contributed by atoms with van der Waals surface area (Å²) in [5, 5.41) is 11.3. The highest BCUT2D eigenvalue weighted by atomic mass is 19.3. The number of amides is 1. The quantitative estimate of drug-likeness (QED) is 0.840. The Morgan fingerprint density at radius 1 is 1.35 bits per heavy atom. The SMILES string of the molecule is CC(C)(CNC(=O)c1ccccc1OC(F)F)C(=O)O. The fourth-order valence-corrected chi connectivity index (χ4v) is 1.33. The van der Waals surface area contributed by atoms with E-state index in [9.17, 15) is 18.4 Å². The van der Waals surface area contributed by atoms with Crippen molar-refractivity contribution in [3.05, 3.63) is 29.8 Å². The monoisotopic (exact) mass is 287 g/mol. The number of benzene rings is 1. The second-order valence-electron chi connectivity index (χ2n) is 4.75. The standard InChI is InChI=1S/C13H15F2NO4/c1-13(2,11(18)19)7-16-10(17)8-5-3-4-6-9(8)20-12(14)15/h3-6,12H,7H2,1-2H3,(H,16,17)(H,18,19). The van der Waals surface area contributed by atoms with Crippen molar-refractivity contribution in [3.63, 3.8) is 0 Å². The largest absolute Gasteiger partial charge is 0.481 e. The van der Waals surface area contributed by atoms with Gasteiger partial charge in [-0.3, -0.25) is 9.59 Å². The second-order valence-corrected chi connectivity index (χ2v) is 4.75. The van der Waals surface area contributed by atoms with Gasteiger partial charge >= 0.3 is 12.6 Å². The van der Waals surface area contributed by atoms with Gasteiger partial charge in [0.2, 0.25) is 0 Å². The summed E-state index contributed by atoms with van der Waals surface area (Å²) in [5.41, 5.74) is -1.23. The Labute approximate surface area is 114 Å². The van der Waals surface area contributed by atoms with Gasteiger partial charge in [0.25, 0.3) is 5.91 Å². The second kappa shape index (κ2) is 6.31. The fraction of sp³-hybridized carbons (Fsp3) is 0.385. The first-order valence-corrected chi connectivity index (χ1v) is 5.79. The number of para-hydroxylation sites is 1. The molecule has 0 unspecified atom stereocenters. The molecule has 0 aliphatic heterocycles. The van der Waals surface area contributed by atoms with Crippen molar-refractivity contribution in [2.45, 2.75) is 20.5 Å². The van der Waals surface area contributed by atoms with E-state index in [0.29, 0.717) is 0 Å². The van der Waals surface area contributed by atoms with Gasteiger partial charge in [-0.25, -0.2) is 0 Å². The third kappa shape index (κ3) is 4.18. The van der Waals surface area contributed by atoms with Crippen LogP contribution >= 0.6 is 0 Å².